The van der Waals surface area contributed by atoms with Crippen LogP contribution in [0.5, 0.6) is 0 Å². The number of hydroxylamine groups is 1. The van der Waals surface area contributed by atoms with Crippen LogP contribution in [-0.4, -0.2) is 32.0 Å². The Kier molecular flexibility index (Phi) is 2.27. The van der Waals surface area contributed by atoms with Gasteiger partial charge in [0.2, 0.25) is 16.4 Å². The molecule has 1 aliphatic rings. The molecule has 8 heteroatoms. The Balaban J connectivity index is 2.33. The van der Waals surface area contributed by atoms with Crippen LogP contribution in [0.25, 0.3) is 0 Å². The molecule has 0 aliphatic carbocycles. The minimum Gasteiger partial charge on any atom is -0.724 e. The molecule has 11 heavy (non-hydrogen) atoms. The second-order valence-corrected chi connectivity index (χ2v) is 2.73. The molecule has 1 heterocycles. The Morgan fingerprint density at radius 2 is 2.45 bits per heavy atom. The van der Waals surface area contributed by atoms with Gasteiger partial charge >= 0.3 is 0 Å². The molecule has 7 nitrogen and oxygen atoms in total. The van der Waals surface area contributed by atoms with Crippen molar-refractivity contribution in [2.24, 2.45) is 4.99 Å². The van der Waals surface area contributed by atoms with Crippen molar-refractivity contribution in [3.05, 3.63) is 0 Å². The summed E-state index contributed by atoms with van der Waals surface area (Å²) in [5.41, 5.74) is 1.86. The molecule has 0 bridgehead atoms. The van der Waals surface area contributed by atoms with Crippen LogP contribution in [0.3, 0.4) is 0 Å². The van der Waals surface area contributed by atoms with E-state index in [4.69, 9.17) is 0 Å². The Bertz CT molecular complexity index is 258. The van der Waals surface area contributed by atoms with Crippen LogP contribution in [0.4, 0.5) is 0 Å². The van der Waals surface area contributed by atoms with Crippen molar-refractivity contribution in [2.45, 2.75) is 0 Å². The second kappa shape index (κ2) is 3.03. The number of nitrogens with one attached hydrogen (secondary N) is 2. The van der Waals surface area contributed by atoms with E-state index in [1.165, 1.54) is 0 Å². The lowest BCUT2D eigenvalue weighted by molar-refractivity contribution is 0.219. The molecule has 0 amide bonds. The first kappa shape index (κ1) is 8.24. The number of aliphatic imine (C=N–C) groups is 1. The van der Waals surface area contributed by atoms with E-state index in [-0.39, 0.29) is 5.96 Å². The van der Waals surface area contributed by atoms with Gasteiger partial charge in [-0.05, 0) is 0 Å². The molecule has 0 radical (unpaired) electrons. The van der Waals surface area contributed by atoms with E-state index in [9.17, 15) is 13.0 Å². The quantitative estimate of drug-likeness (QED) is 0.287. The first-order valence-electron chi connectivity index (χ1n) is 2.76. The zero-order valence-corrected chi connectivity index (χ0v) is 6.22. The monoisotopic (exact) mass is 180 g/mol. The minimum atomic E-state index is -4.69. The Morgan fingerprint density at radius 3 is 2.91 bits per heavy atom. The molecule has 2 N–H and O–H groups in total. The maximum absolute atomic E-state index is 9.86. The van der Waals surface area contributed by atoms with Crippen molar-refractivity contribution in [1.82, 2.24) is 10.8 Å². The van der Waals surface area contributed by atoms with E-state index >= 15 is 0 Å². The lowest BCUT2D eigenvalue weighted by Crippen LogP contribution is -2.35. The number of nitrogens with zero attached hydrogens (tertiary/aromatic N) is 1. The molecule has 0 aromatic heterocycles. The number of guanidine groups is 1. The van der Waals surface area contributed by atoms with Gasteiger partial charge in [0.15, 0.2) is 0 Å². The van der Waals surface area contributed by atoms with Crippen LogP contribution in [0.2, 0.25) is 0 Å². The van der Waals surface area contributed by atoms with Crippen molar-refractivity contribution >= 4 is 16.4 Å². The van der Waals surface area contributed by atoms with Crippen LogP contribution in [0.1, 0.15) is 0 Å². The molecule has 64 valence electrons. The summed E-state index contributed by atoms with van der Waals surface area (Å²) in [4.78, 5) is 3.70. The summed E-state index contributed by atoms with van der Waals surface area (Å²) in [5, 5.41) is 2.64. The first-order valence-corrected chi connectivity index (χ1v) is 4.10. The average molecular weight is 180 g/mol. The Labute approximate surface area is 63.4 Å². The van der Waals surface area contributed by atoms with E-state index in [1.54, 1.807) is 0 Å². The third-order valence-electron chi connectivity index (χ3n) is 0.915. The van der Waals surface area contributed by atoms with Gasteiger partial charge in [0.1, 0.15) is 0 Å². The van der Waals surface area contributed by atoms with Crippen molar-refractivity contribution in [2.75, 3.05) is 13.1 Å². The van der Waals surface area contributed by atoms with Crippen molar-refractivity contribution in [3.63, 3.8) is 0 Å². The van der Waals surface area contributed by atoms with E-state index in [0.29, 0.717) is 13.1 Å². The van der Waals surface area contributed by atoms with Gasteiger partial charge in [0.05, 0.1) is 6.54 Å². The molecular formula is C3H6N3O4S-. The third kappa shape index (κ3) is 3.16. The van der Waals surface area contributed by atoms with Crippen molar-refractivity contribution in [3.8, 4) is 0 Å². The summed E-state index contributed by atoms with van der Waals surface area (Å²) < 4.78 is 33.3. The van der Waals surface area contributed by atoms with Crippen LogP contribution >= 0.6 is 0 Å². The summed E-state index contributed by atoms with van der Waals surface area (Å²) in [6.07, 6.45) is 0. The van der Waals surface area contributed by atoms with Crippen LogP contribution in [0.15, 0.2) is 4.99 Å². The standard InChI is InChI=1S/C3H7N3O4S/c7-11(8,9)10-6-3-4-1-2-5-3/h1-2H2,(H2,4,5,6)(H,7,8,9)/p-1. The highest BCUT2D eigenvalue weighted by Crippen LogP contribution is 1.84. The largest absolute Gasteiger partial charge is 0.724 e. The summed E-state index contributed by atoms with van der Waals surface area (Å²) in [5.74, 6) is 0.157. The molecule has 0 fully saturated rings. The second-order valence-electron chi connectivity index (χ2n) is 1.75. The Hall–Kier alpha value is -0.860. The van der Waals surface area contributed by atoms with Crippen molar-refractivity contribution < 1.29 is 17.3 Å². The fraction of sp³-hybridized carbons (Fsp3) is 0.667. The molecule has 0 atom stereocenters. The van der Waals surface area contributed by atoms with Crippen LogP contribution in [0, 0.1) is 0 Å². The predicted octanol–water partition coefficient (Wildman–Crippen LogP) is -2.07. The lowest BCUT2D eigenvalue weighted by Gasteiger charge is -2.08. The van der Waals surface area contributed by atoms with Gasteiger partial charge in [0, 0.05) is 6.54 Å². The third-order valence-corrected chi connectivity index (χ3v) is 1.20. The van der Waals surface area contributed by atoms with Gasteiger partial charge in [-0.3, -0.25) is 0 Å². The molecule has 1 rings (SSSR count). The minimum absolute atomic E-state index is 0.157. The SMILES string of the molecule is O=S(=O)([O-])ONC1=NCCN1. The average Bonchev–Trinajstić information content (AvgIpc) is 2.32. The Morgan fingerprint density at radius 1 is 1.73 bits per heavy atom. The van der Waals surface area contributed by atoms with E-state index in [0.717, 1.165) is 0 Å². The summed E-state index contributed by atoms with van der Waals surface area (Å²) >= 11 is 0. The zero-order chi connectivity index (χ0) is 8.32. The molecule has 0 aromatic carbocycles. The molecule has 0 aromatic rings. The summed E-state index contributed by atoms with van der Waals surface area (Å²) in [6.45, 7) is 1.13. The first-order chi connectivity index (χ1) is 5.08. The molecule has 0 saturated heterocycles. The molecule has 1 aliphatic heterocycles. The van der Waals surface area contributed by atoms with E-state index in [1.807, 2.05) is 5.48 Å². The maximum Gasteiger partial charge on any atom is 0.238 e. The molecule has 0 unspecified atom stereocenters. The van der Waals surface area contributed by atoms with Gasteiger partial charge in [-0.2, -0.15) is 4.28 Å². The predicted molar refractivity (Wildman–Crippen MR) is 34.2 cm³/mol. The van der Waals surface area contributed by atoms with Crippen molar-refractivity contribution in [1.29, 1.82) is 0 Å². The number of rotatable bonds is 2. The fourth-order valence-corrected chi connectivity index (χ4v) is 0.738. The summed E-state index contributed by atoms with van der Waals surface area (Å²) in [6, 6.07) is 0. The molecular weight excluding hydrogens is 174 g/mol. The number of hydrogen-bond acceptors (Lipinski definition) is 7. The van der Waals surface area contributed by atoms with Gasteiger partial charge in [0.25, 0.3) is 0 Å². The van der Waals surface area contributed by atoms with Crippen LogP contribution < -0.4 is 10.8 Å². The normalized spacial score (nSPS) is 17.4. The fourth-order valence-electron chi connectivity index (χ4n) is 0.557. The van der Waals surface area contributed by atoms with Crippen LogP contribution in [-0.2, 0) is 14.7 Å². The van der Waals surface area contributed by atoms with Gasteiger partial charge < -0.3 is 9.87 Å². The summed E-state index contributed by atoms with van der Waals surface area (Å²) in [7, 11) is -4.69. The van der Waals surface area contributed by atoms with E-state index < -0.39 is 10.4 Å². The molecule has 0 saturated carbocycles. The smallest absolute Gasteiger partial charge is 0.238 e. The zero-order valence-electron chi connectivity index (χ0n) is 5.40. The van der Waals surface area contributed by atoms with E-state index in [2.05, 4.69) is 14.6 Å². The number of hydrogen-bond donors (Lipinski definition) is 2. The maximum atomic E-state index is 9.86. The van der Waals surface area contributed by atoms with Gasteiger partial charge in [-0.1, -0.05) is 0 Å². The highest BCUT2D eigenvalue weighted by Gasteiger charge is 2.04. The molecule has 0 spiro atoms. The highest BCUT2D eigenvalue weighted by molar-refractivity contribution is 7.80. The van der Waals surface area contributed by atoms with Gasteiger partial charge in [-0.15, -0.1) is 0 Å². The highest BCUT2D eigenvalue weighted by atomic mass is 32.3. The lowest BCUT2D eigenvalue weighted by atomic mass is 10.7. The van der Waals surface area contributed by atoms with Gasteiger partial charge in [-0.25, -0.2) is 18.9 Å². The topological polar surface area (TPSA) is 103 Å².